The number of rotatable bonds is 3. The van der Waals surface area contributed by atoms with Crippen molar-refractivity contribution in [3.05, 3.63) is 57.1 Å². The number of carbonyl (C=O) groups excluding carboxylic acids is 1. The maximum absolute atomic E-state index is 14.2. The van der Waals surface area contributed by atoms with E-state index in [0.29, 0.717) is 0 Å². The van der Waals surface area contributed by atoms with Gasteiger partial charge in [-0.05, 0) is 30.3 Å². The molecule has 1 aliphatic rings. The van der Waals surface area contributed by atoms with Crippen molar-refractivity contribution in [2.75, 3.05) is 7.11 Å². The standard InChI is InChI=1S/C19H13Cl2F3N4O3.C2H6/c1-28-25-15-12(3-4-13(16(15)26-28)17(29)30-2)14-8-18(31-27-14,19(22,23)24)9-5-10(20)7-11(21)6-9;1-2/h3-7H,8H2,1-2H3;1-2H3. The minimum absolute atomic E-state index is 0.0182. The Kier molecular flexibility index (Phi) is 6.90. The highest BCUT2D eigenvalue weighted by molar-refractivity contribution is 6.34. The monoisotopic (exact) mass is 502 g/mol. The Labute approximate surface area is 197 Å². The van der Waals surface area contributed by atoms with Crippen LogP contribution in [0.2, 0.25) is 10.0 Å². The summed E-state index contributed by atoms with van der Waals surface area (Å²) in [5.41, 5.74) is -2.35. The van der Waals surface area contributed by atoms with Crippen LogP contribution in [0.4, 0.5) is 13.2 Å². The molecule has 7 nitrogen and oxygen atoms in total. The van der Waals surface area contributed by atoms with Gasteiger partial charge in [0.1, 0.15) is 11.0 Å². The molecule has 0 radical (unpaired) electrons. The highest BCUT2D eigenvalue weighted by atomic mass is 35.5. The Morgan fingerprint density at radius 2 is 1.73 bits per heavy atom. The van der Waals surface area contributed by atoms with Gasteiger partial charge in [0.15, 0.2) is 0 Å². The van der Waals surface area contributed by atoms with Gasteiger partial charge in [-0.15, -0.1) is 0 Å². The highest BCUT2D eigenvalue weighted by Gasteiger charge is 2.62. The van der Waals surface area contributed by atoms with Crippen molar-refractivity contribution >= 4 is 45.9 Å². The predicted molar refractivity (Wildman–Crippen MR) is 118 cm³/mol. The number of carbonyl (C=O) groups is 1. The molecule has 12 heteroatoms. The summed E-state index contributed by atoms with van der Waals surface area (Å²) in [6.07, 6.45) is -5.49. The molecule has 0 saturated heterocycles. The van der Waals surface area contributed by atoms with Gasteiger partial charge in [0.25, 0.3) is 5.60 Å². The number of halogens is 5. The number of alkyl halides is 3. The van der Waals surface area contributed by atoms with Crippen LogP contribution in [0.5, 0.6) is 0 Å². The smallest absolute Gasteiger partial charge is 0.435 e. The molecule has 1 aromatic heterocycles. The zero-order valence-electron chi connectivity index (χ0n) is 18.0. The van der Waals surface area contributed by atoms with Crippen LogP contribution < -0.4 is 0 Å². The lowest BCUT2D eigenvalue weighted by Gasteiger charge is -2.29. The number of fused-ring (bicyclic) bond motifs is 1. The van der Waals surface area contributed by atoms with Crippen LogP contribution in [0.1, 0.15) is 41.8 Å². The van der Waals surface area contributed by atoms with E-state index in [-0.39, 0.29) is 43.5 Å². The summed E-state index contributed by atoms with van der Waals surface area (Å²) in [7, 11) is 2.73. The molecule has 0 spiro atoms. The molecule has 0 amide bonds. The number of aryl methyl sites for hydroxylation is 1. The van der Waals surface area contributed by atoms with Crippen LogP contribution in [0.15, 0.2) is 35.5 Å². The van der Waals surface area contributed by atoms with Gasteiger partial charge in [0.05, 0.1) is 24.8 Å². The van der Waals surface area contributed by atoms with Gasteiger partial charge in [-0.3, -0.25) is 0 Å². The second-order valence-corrected chi connectivity index (χ2v) is 7.70. The lowest BCUT2D eigenvalue weighted by molar-refractivity contribution is -0.275. The average Bonchev–Trinajstić information content (AvgIpc) is 3.37. The van der Waals surface area contributed by atoms with Gasteiger partial charge in [-0.25, -0.2) is 4.79 Å². The number of hydrogen-bond donors (Lipinski definition) is 0. The molecule has 0 fully saturated rings. The Bertz CT molecular complexity index is 1220. The third-order valence-corrected chi connectivity index (χ3v) is 5.31. The van der Waals surface area contributed by atoms with Crippen LogP contribution in [-0.2, 0) is 22.2 Å². The van der Waals surface area contributed by atoms with Gasteiger partial charge in [0, 0.05) is 28.2 Å². The number of benzene rings is 2. The van der Waals surface area contributed by atoms with Crippen LogP contribution in [0, 0.1) is 0 Å². The third-order valence-electron chi connectivity index (χ3n) is 4.87. The van der Waals surface area contributed by atoms with E-state index in [9.17, 15) is 18.0 Å². The fraction of sp³-hybridized carbons (Fsp3) is 0.333. The van der Waals surface area contributed by atoms with Gasteiger partial charge < -0.3 is 9.57 Å². The first-order valence-electron chi connectivity index (χ1n) is 9.77. The maximum Gasteiger partial charge on any atom is 0.435 e. The molecule has 1 unspecified atom stereocenters. The number of nitrogens with zero attached hydrogens (tertiary/aromatic N) is 4. The van der Waals surface area contributed by atoms with Crippen LogP contribution in [0.25, 0.3) is 11.0 Å². The topological polar surface area (TPSA) is 78.6 Å². The van der Waals surface area contributed by atoms with Gasteiger partial charge in [-0.2, -0.15) is 28.2 Å². The zero-order chi connectivity index (χ0) is 24.6. The maximum atomic E-state index is 14.2. The predicted octanol–water partition coefficient (Wildman–Crippen LogP) is 5.67. The van der Waals surface area contributed by atoms with E-state index in [1.54, 1.807) is 0 Å². The van der Waals surface area contributed by atoms with E-state index >= 15 is 0 Å². The largest absolute Gasteiger partial charge is 0.465 e. The van der Waals surface area contributed by atoms with Crippen molar-refractivity contribution in [1.82, 2.24) is 15.0 Å². The molecule has 2 heterocycles. The Balaban J connectivity index is 0.00000149. The Morgan fingerprint density at radius 1 is 1.12 bits per heavy atom. The van der Waals surface area contributed by atoms with E-state index in [1.807, 2.05) is 13.8 Å². The average molecular weight is 503 g/mol. The van der Waals surface area contributed by atoms with E-state index in [2.05, 4.69) is 15.4 Å². The molecule has 1 atom stereocenters. The molecule has 4 rings (SSSR count). The number of aromatic nitrogens is 3. The quantitative estimate of drug-likeness (QED) is 0.431. The number of oxime groups is 1. The third kappa shape index (κ3) is 4.37. The van der Waals surface area contributed by atoms with Crippen molar-refractivity contribution in [2.24, 2.45) is 12.2 Å². The normalized spacial score (nSPS) is 17.8. The SMILES string of the molecule is CC.COC(=O)c1ccc(C2=NOC(c3cc(Cl)cc(Cl)c3)(C(F)(F)F)C2)c2nn(C)nc12. The number of hydrogen-bond acceptors (Lipinski definition) is 6. The molecule has 3 aromatic rings. The summed E-state index contributed by atoms with van der Waals surface area (Å²) in [4.78, 5) is 18.2. The van der Waals surface area contributed by atoms with E-state index < -0.39 is 24.2 Å². The van der Waals surface area contributed by atoms with Crippen molar-refractivity contribution in [1.29, 1.82) is 0 Å². The van der Waals surface area contributed by atoms with Crippen LogP contribution >= 0.6 is 23.2 Å². The number of ether oxygens (including phenoxy) is 1. The minimum atomic E-state index is -4.83. The lowest BCUT2D eigenvalue weighted by Crippen LogP contribution is -2.42. The molecule has 0 N–H and O–H groups in total. The van der Waals surface area contributed by atoms with Gasteiger partial charge >= 0.3 is 12.1 Å². The van der Waals surface area contributed by atoms with Gasteiger partial charge in [-0.1, -0.05) is 42.2 Å². The molecule has 176 valence electrons. The Morgan fingerprint density at radius 3 is 2.30 bits per heavy atom. The molecule has 0 saturated carbocycles. The molecule has 2 aromatic carbocycles. The summed E-state index contributed by atoms with van der Waals surface area (Å²) in [6.45, 7) is 4.00. The molecule has 0 bridgehead atoms. The van der Waals surface area contributed by atoms with Crippen LogP contribution in [0.3, 0.4) is 0 Å². The van der Waals surface area contributed by atoms with Gasteiger partial charge in [0.2, 0.25) is 0 Å². The summed E-state index contributed by atoms with van der Waals surface area (Å²) >= 11 is 11.9. The summed E-state index contributed by atoms with van der Waals surface area (Å²) in [5.74, 6) is -0.653. The molecule has 33 heavy (non-hydrogen) atoms. The molecular formula is C21H19Cl2F3N4O3. The van der Waals surface area contributed by atoms with E-state index in [1.165, 1.54) is 37.2 Å². The number of esters is 1. The van der Waals surface area contributed by atoms with E-state index in [0.717, 1.165) is 12.1 Å². The first-order valence-corrected chi connectivity index (χ1v) is 10.5. The first kappa shape index (κ1) is 24.8. The highest BCUT2D eigenvalue weighted by Crippen LogP contribution is 2.50. The summed E-state index contributed by atoms with van der Waals surface area (Å²) in [5, 5.41) is 12.1. The van der Waals surface area contributed by atoms with Crippen molar-refractivity contribution < 1.29 is 27.5 Å². The Hall–Kier alpha value is -2.85. The lowest BCUT2D eigenvalue weighted by atomic mass is 9.86. The summed E-state index contributed by atoms with van der Waals surface area (Å²) < 4.78 is 47.4. The fourth-order valence-electron chi connectivity index (χ4n) is 3.44. The molecule has 0 aliphatic carbocycles. The van der Waals surface area contributed by atoms with Crippen molar-refractivity contribution in [3.63, 3.8) is 0 Å². The van der Waals surface area contributed by atoms with Crippen molar-refractivity contribution in [3.8, 4) is 0 Å². The van der Waals surface area contributed by atoms with Crippen LogP contribution in [-0.4, -0.2) is 40.0 Å². The number of methoxy groups -OCH3 is 1. The first-order chi connectivity index (χ1) is 15.6. The fourth-order valence-corrected chi connectivity index (χ4v) is 3.96. The zero-order valence-corrected chi connectivity index (χ0v) is 19.5. The van der Waals surface area contributed by atoms with Crippen molar-refractivity contribution in [2.45, 2.75) is 32.0 Å². The van der Waals surface area contributed by atoms with E-state index in [4.69, 9.17) is 32.8 Å². The summed E-state index contributed by atoms with van der Waals surface area (Å²) in [6, 6.07) is 6.42. The second kappa shape index (κ2) is 9.18. The molecular weight excluding hydrogens is 484 g/mol. The second-order valence-electron chi connectivity index (χ2n) is 6.83. The molecule has 1 aliphatic heterocycles. The minimum Gasteiger partial charge on any atom is -0.465 e.